The topological polar surface area (TPSA) is 49.4 Å². The molecular weight excluding hydrogens is 213 g/mol. The van der Waals surface area contributed by atoms with Crippen molar-refractivity contribution < 1.29 is 22.8 Å². The van der Waals surface area contributed by atoms with Gasteiger partial charge in [-0.3, -0.25) is 10.1 Å². The largest absolute Gasteiger partial charge is 0.389 e. The first kappa shape index (κ1) is 11.8. The van der Waals surface area contributed by atoms with E-state index in [-0.39, 0.29) is 31.8 Å². The third-order valence-corrected chi connectivity index (χ3v) is 2.03. The molecule has 1 fully saturated rings. The van der Waals surface area contributed by atoms with Crippen LogP contribution in [-0.2, 0) is 4.79 Å². The molecule has 86 valence electrons. The monoisotopic (exact) mass is 224 g/mol. The van der Waals surface area contributed by atoms with Gasteiger partial charge in [0.15, 0.2) is 0 Å². The second-order valence-electron chi connectivity index (χ2n) is 3.31. The van der Waals surface area contributed by atoms with Gasteiger partial charge in [-0.05, 0) is 6.42 Å². The maximum atomic E-state index is 11.8. The molecule has 1 rings (SSSR count). The summed E-state index contributed by atoms with van der Waals surface area (Å²) in [4.78, 5) is 23.0. The number of nitrogens with zero attached hydrogens (tertiary/aromatic N) is 1. The first-order valence-corrected chi connectivity index (χ1v) is 4.54. The highest BCUT2D eigenvalue weighted by atomic mass is 19.4. The molecule has 0 radical (unpaired) electrons. The second kappa shape index (κ2) is 4.50. The second-order valence-corrected chi connectivity index (χ2v) is 3.31. The van der Waals surface area contributed by atoms with Crippen molar-refractivity contribution in [2.75, 3.05) is 13.1 Å². The lowest BCUT2D eigenvalue weighted by Gasteiger charge is -2.26. The quantitative estimate of drug-likeness (QED) is 0.784. The molecule has 0 aromatic heterocycles. The summed E-state index contributed by atoms with van der Waals surface area (Å²) in [5.41, 5.74) is 0. The minimum absolute atomic E-state index is 0.0264. The molecule has 0 unspecified atom stereocenters. The van der Waals surface area contributed by atoms with Crippen LogP contribution in [0.1, 0.15) is 19.3 Å². The average Bonchev–Trinajstić information content (AvgIpc) is 2.07. The molecule has 0 aliphatic carbocycles. The standard InChI is InChI=1S/C8H11F3N2O2/c9-8(10,11)3-1-4-13-5-2-6(14)12-7(13)15/h1-5H2,(H,12,14,15). The summed E-state index contributed by atoms with van der Waals surface area (Å²) in [5.74, 6) is -0.382. The molecule has 15 heavy (non-hydrogen) atoms. The number of rotatable bonds is 3. The number of alkyl halides is 3. The van der Waals surface area contributed by atoms with Crippen LogP contribution in [0.4, 0.5) is 18.0 Å². The van der Waals surface area contributed by atoms with Gasteiger partial charge in [0, 0.05) is 25.9 Å². The minimum Gasteiger partial charge on any atom is -0.324 e. The van der Waals surface area contributed by atoms with Crippen molar-refractivity contribution in [1.82, 2.24) is 10.2 Å². The molecule has 0 aromatic rings. The van der Waals surface area contributed by atoms with Gasteiger partial charge in [0.25, 0.3) is 0 Å². The Hall–Kier alpha value is -1.27. The van der Waals surface area contributed by atoms with E-state index in [0.29, 0.717) is 0 Å². The molecule has 4 nitrogen and oxygen atoms in total. The van der Waals surface area contributed by atoms with Crippen LogP contribution in [0.15, 0.2) is 0 Å². The normalized spacial score (nSPS) is 17.9. The molecular formula is C8H11F3N2O2. The molecule has 1 aliphatic heterocycles. The zero-order chi connectivity index (χ0) is 11.5. The average molecular weight is 224 g/mol. The summed E-state index contributed by atoms with van der Waals surface area (Å²) >= 11 is 0. The molecule has 0 aromatic carbocycles. The third-order valence-electron chi connectivity index (χ3n) is 2.03. The molecule has 7 heteroatoms. The summed E-state index contributed by atoms with van der Waals surface area (Å²) in [5, 5.41) is 2.04. The predicted molar refractivity (Wildman–Crippen MR) is 45.0 cm³/mol. The Bertz CT molecular complexity index is 265. The Balaban J connectivity index is 2.27. The van der Waals surface area contributed by atoms with Gasteiger partial charge in [-0.15, -0.1) is 0 Å². The fourth-order valence-corrected chi connectivity index (χ4v) is 1.28. The number of hydrogen-bond donors (Lipinski definition) is 1. The van der Waals surface area contributed by atoms with E-state index in [2.05, 4.69) is 0 Å². The molecule has 0 saturated carbocycles. The van der Waals surface area contributed by atoms with Crippen molar-refractivity contribution in [2.45, 2.75) is 25.4 Å². The first-order valence-electron chi connectivity index (χ1n) is 4.54. The van der Waals surface area contributed by atoms with Crippen LogP contribution >= 0.6 is 0 Å². The number of carbonyl (C=O) groups excluding carboxylic acids is 2. The highest BCUT2D eigenvalue weighted by Crippen LogP contribution is 2.21. The summed E-state index contributed by atoms with van der Waals surface area (Å²) in [6.45, 7) is 0.223. The summed E-state index contributed by atoms with van der Waals surface area (Å²) < 4.78 is 35.4. The third kappa shape index (κ3) is 4.18. The lowest BCUT2D eigenvalue weighted by atomic mass is 10.2. The van der Waals surface area contributed by atoms with Crippen molar-refractivity contribution in [1.29, 1.82) is 0 Å². The Labute approximate surface area is 84.4 Å². The van der Waals surface area contributed by atoms with Crippen LogP contribution in [0.2, 0.25) is 0 Å². The first-order chi connectivity index (χ1) is 6.88. The van der Waals surface area contributed by atoms with Gasteiger partial charge in [-0.2, -0.15) is 13.2 Å². The van der Waals surface area contributed by atoms with Crippen molar-refractivity contribution >= 4 is 11.9 Å². The zero-order valence-electron chi connectivity index (χ0n) is 7.93. The number of hydrogen-bond acceptors (Lipinski definition) is 2. The van der Waals surface area contributed by atoms with Gasteiger partial charge < -0.3 is 4.90 Å². The van der Waals surface area contributed by atoms with E-state index in [0.717, 1.165) is 0 Å². The molecule has 1 N–H and O–H groups in total. The maximum Gasteiger partial charge on any atom is 0.389 e. The lowest BCUT2D eigenvalue weighted by molar-refractivity contribution is -0.136. The van der Waals surface area contributed by atoms with Crippen molar-refractivity contribution in [3.63, 3.8) is 0 Å². The molecule has 1 aliphatic rings. The Morgan fingerprint density at radius 2 is 2.00 bits per heavy atom. The summed E-state index contributed by atoms with van der Waals surface area (Å²) in [7, 11) is 0. The van der Waals surface area contributed by atoms with E-state index in [1.807, 2.05) is 5.32 Å². The van der Waals surface area contributed by atoms with E-state index in [9.17, 15) is 22.8 Å². The van der Waals surface area contributed by atoms with Crippen LogP contribution in [0, 0.1) is 0 Å². The van der Waals surface area contributed by atoms with Crippen LogP contribution < -0.4 is 5.32 Å². The SMILES string of the molecule is O=C1CCN(CCCC(F)(F)F)C(=O)N1. The summed E-state index contributed by atoms with van der Waals surface area (Å²) in [6.07, 6.45) is -5.09. The van der Waals surface area contributed by atoms with Crippen LogP contribution in [-0.4, -0.2) is 36.1 Å². The molecule has 1 saturated heterocycles. The van der Waals surface area contributed by atoms with Gasteiger partial charge in [-0.1, -0.05) is 0 Å². The van der Waals surface area contributed by atoms with Crippen LogP contribution in [0.25, 0.3) is 0 Å². The minimum atomic E-state index is -4.19. The van der Waals surface area contributed by atoms with Gasteiger partial charge in [-0.25, -0.2) is 4.79 Å². The van der Waals surface area contributed by atoms with E-state index in [4.69, 9.17) is 0 Å². The molecule has 0 bridgehead atoms. The summed E-state index contributed by atoms with van der Waals surface area (Å²) in [6, 6.07) is -0.603. The number of imide groups is 1. The van der Waals surface area contributed by atoms with E-state index in [1.165, 1.54) is 4.90 Å². The Morgan fingerprint density at radius 3 is 2.53 bits per heavy atom. The van der Waals surface area contributed by atoms with Gasteiger partial charge in [0.05, 0.1) is 0 Å². The molecule has 1 heterocycles. The lowest BCUT2D eigenvalue weighted by Crippen LogP contribution is -2.49. The Morgan fingerprint density at radius 1 is 1.33 bits per heavy atom. The molecule has 0 atom stereocenters. The van der Waals surface area contributed by atoms with Crippen molar-refractivity contribution in [3.8, 4) is 0 Å². The predicted octanol–water partition coefficient (Wildman–Crippen LogP) is 1.27. The Kier molecular flexibility index (Phi) is 3.54. The zero-order valence-corrected chi connectivity index (χ0v) is 7.93. The fourth-order valence-electron chi connectivity index (χ4n) is 1.28. The van der Waals surface area contributed by atoms with Gasteiger partial charge >= 0.3 is 12.2 Å². The fraction of sp³-hybridized carbons (Fsp3) is 0.750. The highest BCUT2D eigenvalue weighted by molar-refractivity contribution is 5.96. The number of urea groups is 1. The molecule has 3 amide bonds. The number of nitrogens with one attached hydrogen (secondary N) is 1. The number of halogens is 3. The van der Waals surface area contributed by atoms with E-state index < -0.39 is 18.6 Å². The van der Waals surface area contributed by atoms with E-state index >= 15 is 0 Å². The maximum absolute atomic E-state index is 11.8. The van der Waals surface area contributed by atoms with Crippen molar-refractivity contribution in [2.24, 2.45) is 0 Å². The van der Waals surface area contributed by atoms with Crippen LogP contribution in [0.3, 0.4) is 0 Å². The van der Waals surface area contributed by atoms with Gasteiger partial charge in [0.1, 0.15) is 0 Å². The van der Waals surface area contributed by atoms with Crippen LogP contribution in [0.5, 0.6) is 0 Å². The smallest absolute Gasteiger partial charge is 0.324 e. The molecule has 0 spiro atoms. The highest BCUT2D eigenvalue weighted by Gasteiger charge is 2.28. The van der Waals surface area contributed by atoms with E-state index in [1.54, 1.807) is 0 Å². The van der Waals surface area contributed by atoms with Gasteiger partial charge in [0.2, 0.25) is 5.91 Å². The number of carbonyl (C=O) groups is 2. The van der Waals surface area contributed by atoms with Crippen molar-refractivity contribution in [3.05, 3.63) is 0 Å². The number of amides is 3.